The van der Waals surface area contributed by atoms with Crippen molar-refractivity contribution in [3.05, 3.63) is 64.2 Å². The normalized spacial score (nSPS) is 15.7. The molecule has 130 valence electrons. The summed E-state index contributed by atoms with van der Waals surface area (Å²) in [4.78, 5) is 26.0. The largest absolute Gasteiger partial charge is 0.465 e. The number of ether oxygens (including phenoxy) is 1. The number of esters is 1. The molecule has 25 heavy (non-hydrogen) atoms. The van der Waals surface area contributed by atoms with Crippen LogP contribution in [0, 0.1) is 0 Å². The first-order valence-corrected chi connectivity index (χ1v) is 8.47. The summed E-state index contributed by atoms with van der Waals surface area (Å²) in [5, 5.41) is 0.670. The number of rotatable bonds is 3. The van der Waals surface area contributed by atoms with Crippen molar-refractivity contribution in [1.29, 1.82) is 0 Å². The van der Waals surface area contributed by atoms with Crippen LogP contribution in [-0.4, -0.2) is 19.0 Å². The van der Waals surface area contributed by atoms with E-state index in [1.165, 1.54) is 7.11 Å². The van der Waals surface area contributed by atoms with Crippen LogP contribution in [0.2, 0.25) is 5.02 Å². The van der Waals surface area contributed by atoms with Gasteiger partial charge in [0.25, 0.3) is 0 Å². The van der Waals surface area contributed by atoms with Crippen molar-refractivity contribution in [2.24, 2.45) is 0 Å². The molecule has 4 nitrogen and oxygen atoms in total. The van der Waals surface area contributed by atoms with Gasteiger partial charge < -0.3 is 9.64 Å². The van der Waals surface area contributed by atoms with Crippen LogP contribution in [0.5, 0.6) is 0 Å². The molecule has 1 aliphatic rings. The molecular weight excluding hydrogens is 338 g/mol. The van der Waals surface area contributed by atoms with Crippen molar-refractivity contribution < 1.29 is 14.3 Å². The Morgan fingerprint density at radius 2 is 1.88 bits per heavy atom. The van der Waals surface area contributed by atoms with Crippen molar-refractivity contribution in [2.75, 3.05) is 12.0 Å². The summed E-state index contributed by atoms with van der Waals surface area (Å²) in [5.74, 6) is -0.292. The summed E-state index contributed by atoms with van der Waals surface area (Å²) < 4.78 is 4.71. The number of anilines is 1. The number of amides is 1. The average molecular weight is 358 g/mol. The standard InChI is InChI=1S/C20H20ClNO3/c1-20(2)11-18(23)22(17-9-8-15(21)10-16(17)20)12-13-4-6-14(7-5-13)19(24)25-3/h4-10H,11-12H2,1-3H3. The fraction of sp³-hybridized carbons (Fsp3) is 0.300. The van der Waals surface area contributed by atoms with Crippen LogP contribution in [0.3, 0.4) is 0 Å². The minimum atomic E-state index is -0.373. The van der Waals surface area contributed by atoms with Crippen molar-refractivity contribution in [2.45, 2.75) is 32.2 Å². The van der Waals surface area contributed by atoms with Gasteiger partial charge in [-0.3, -0.25) is 4.79 Å². The van der Waals surface area contributed by atoms with Crippen LogP contribution < -0.4 is 4.90 Å². The molecule has 1 heterocycles. The molecule has 0 aromatic heterocycles. The number of carbonyl (C=O) groups excluding carboxylic acids is 2. The lowest BCUT2D eigenvalue weighted by Gasteiger charge is -2.38. The molecule has 0 saturated carbocycles. The zero-order valence-corrected chi connectivity index (χ0v) is 15.3. The van der Waals surface area contributed by atoms with E-state index in [-0.39, 0.29) is 17.3 Å². The molecule has 0 spiro atoms. The van der Waals surface area contributed by atoms with E-state index in [1.54, 1.807) is 17.0 Å². The SMILES string of the molecule is COC(=O)c1ccc(CN2C(=O)CC(C)(C)c3cc(Cl)ccc32)cc1. The first-order valence-electron chi connectivity index (χ1n) is 8.09. The second kappa shape index (κ2) is 6.52. The maximum Gasteiger partial charge on any atom is 0.337 e. The van der Waals surface area contributed by atoms with E-state index < -0.39 is 0 Å². The van der Waals surface area contributed by atoms with Crippen molar-refractivity contribution >= 4 is 29.2 Å². The minimum absolute atomic E-state index is 0.0804. The molecule has 1 amide bonds. The first kappa shape index (κ1) is 17.5. The molecule has 0 bridgehead atoms. The minimum Gasteiger partial charge on any atom is -0.465 e. The fourth-order valence-corrected chi connectivity index (χ4v) is 3.38. The Morgan fingerprint density at radius 1 is 1.20 bits per heavy atom. The van der Waals surface area contributed by atoms with E-state index in [4.69, 9.17) is 16.3 Å². The van der Waals surface area contributed by atoms with Crippen LogP contribution in [0.25, 0.3) is 0 Å². The summed E-state index contributed by atoms with van der Waals surface area (Å²) in [6.07, 6.45) is 0.431. The third kappa shape index (κ3) is 3.40. The Morgan fingerprint density at radius 3 is 2.52 bits per heavy atom. The van der Waals surface area contributed by atoms with E-state index in [2.05, 4.69) is 13.8 Å². The molecule has 0 N–H and O–H groups in total. The van der Waals surface area contributed by atoms with E-state index in [1.807, 2.05) is 30.3 Å². The molecule has 2 aromatic carbocycles. The van der Waals surface area contributed by atoms with E-state index in [9.17, 15) is 9.59 Å². The zero-order valence-electron chi connectivity index (χ0n) is 14.5. The number of hydrogen-bond acceptors (Lipinski definition) is 3. The highest BCUT2D eigenvalue weighted by Gasteiger charge is 2.36. The van der Waals surface area contributed by atoms with Gasteiger partial charge in [-0.1, -0.05) is 37.6 Å². The Kier molecular flexibility index (Phi) is 4.56. The van der Waals surface area contributed by atoms with E-state index >= 15 is 0 Å². The van der Waals surface area contributed by atoms with Gasteiger partial charge in [0.15, 0.2) is 0 Å². The molecule has 3 rings (SSSR count). The maximum atomic E-state index is 12.7. The number of halogens is 1. The number of fused-ring (bicyclic) bond motifs is 1. The number of nitrogens with zero attached hydrogens (tertiary/aromatic N) is 1. The topological polar surface area (TPSA) is 46.6 Å². The van der Waals surface area contributed by atoms with E-state index in [0.717, 1.165) is 16.8 Å². The van der Waals surface area contributed by atoms with Gasteiger partial charge in [0.2, 0.25) is 5.91 Å². The zero-order chi connectivity index (χ0) is 18.2. The lowest BCUT2D eigenvalue weighted by Crippen LogP contribution is -2.41. The Bertz CT molecular complexity index is 827. The number of methoxy groups -OCH3 is 1. The van der Waals surface area contributed by atoms with Gasteiger partial charge in [-0.05, 0) is 41.5 Å². The van der Waals surface area contributed by atoms with Crippen LogP contribution in [0.4, 0.5) is 5.69 Å². The van der Waals surface area contributed by atoms with Gasteiger partial charge in [-0.15, -0.1) is 0 Å². The van der Waals surface area contributed by atoms with Crippen LogP contribution >= 0.6 is 11.6 Å². The molecule has 0 saturated heterocycles. The van der Waals surface area contributed by atoms with Crippen LogP contribution in [0.15, 0.2) is 42.5 Å². The highest BCUT2D eigenvalue weighted by atomic mass is 35.5. The van der Waals surface area contributed by atoms with Crippen molar-refractivity contribution in [3.8, 4) is 0 Å². The summed E-state index contributed by atoms with van der Waals surface area (Å²) in [6, 6.07) is 12.8. The Labute approximate surface area is 152 Å². The van der Waals surface area contributed by atoms with Crippen LogP contribution in [-0.2, 0) is 21.5 Å². The predicted octanol–water partition coefficient (Wildman–Crippen LogP) is 4.34. The van der Waals surface area contributed by atoms with Crippen molar-refractivity contribution in [1.82, 2.24) is 0 Å². The lowest BCUT2D eigenvalue weighted by molar-refractivity contribution is -0.120. The summed E-state index contributed by atoms with van der Waals surface area (Å²) in [6.45, 7) is 4.57. The molecule has 0 aliphatic carbocycles. The van der Waals surface area contributed by atoms with Crippen LogP contribution in [0.1, 0.15) is 41.8 Å². The van der Waals surface area contributed by atoms with Gasteiger partial charge in [-0.25, -0.2) is 4.79 Å². The monoisotopic (exact) mass is 357 g/mol. The van der Waals surface area contributed by atoms with Gasteiger partial charge in [0.05, 0.1) is 19.2 Å². The lowest BCUT2D eigenvalue weighted by atomic mass is 9.77. The van der Waals surface area contributed by atoms with Crippen molar-refractivity contribution in [3.63, 3.8) is 0 Å². The average Bonchev–Trinajstić information content (AvgIpc) is 2.58. The second-order valence-electron chi connectivity index (χ2n) is 6.89. The second-order valence-corrected chi connectivity index (χ2v) is 7.33. The highest BCUT2D eigenvalue weighted by Crippen LogP contribution is 2.42. The molecule has 1 aliphatic heterocycles. The van der Waals surface area contributed by atoms with Gasteiger partial charge in [-0.2, -0.15) is 0 Å². The van der Waals surface area contributed by atoms with Gasteiger partial charge in [0.1, 0.15) is 0 Å². The number of benzene rings is 2. The predicted molar refractivity (Wildman–Crippen MR) is 98.1 cm³/mol. The smallest absolute Gasteiger partial charge is 0.337 e. The summed E-state index contributed by atoms with van der Waals surface area (Å²) in [7, 11) is 1.35. The molecule has 2 aromatic rings. The molecule has 0 fully saturated rings. The quantitative estimate of drug-likeness (QED) is 0.767. The molecule has 0 atom stereocenters. The Balaban J connectivity index is 1.92. The Hall–Kier alpha value is -2.33. The number of hydrogen-bond donors (Lipinski definition) is 0. The molecule has 5 heteroatoms. The number of carbonyl (C=O) groups is 2. The summed E-state index contributed by atoms with van der Waals surface area (Å²) >= 11 is 6.16. The van der Waals surface area contributed by atoms with Gasteiger partial charge >= 0.3 is 5.97 Å². The summed E-state index contributed by atoms with van der Waals surface area (Å²) in [5.41, 5.74) is 3.15. The molecule has 0 unspecified atom stereocenters. The first-order chi connectivity index (χ1) is 11.8. The molecule has 0 radical (unpaired) electrons. The molecular formula is C20H20ClNO3. The third-order valence-corrected chi connectivity index (χ3v) is 4.82. The third-order valence-electron chi connectivity index (χ3n) is 4.59. The van der Waals surface area contributed by atoms with Gasteiger partial charge in [0, 0.05) is 22.5 Å². The van der Waals surface area contributed by atoms with E-state index in [0.29, 0.717) is 23.6 Å². The fourth-order valence-electron chi connectivity index (χ4n) is 3.21. The highest BCUT2D eigenvalue weighted by molar-refractivity contribution is 6.30. The maximum absolute atomic E-state index is 12.7.